The molecule has 0 saturated carbocycles. The molecule has 0 fully saturated rings. The maximum Gasteiger partial charge on any atom is 0.357 e. The van der Waals surface area contributed by atoms with E-state index in [-0.39, 0.29) is 5.78 Å². The molecule has 2 heterocycles. The molecule has 0 N–H and O–H groups in total. The molecule has 0 amide bonds. The molecular weight excluding hydrogens is 348 g/mol. The first-order valence-corrected chi connectivity index (χ1v) is 9.24. The van der Waals surface area contributed by atoms with Crippen LogP contribution < -0.4 is 0 Å². The largest absolute Gasteiger partial charge is 0.461 e. The minimum Gasteiger partial charge on any atom is -0.461 e. The average molecular weight is 368 g/mol. The summed E-state index contributed by atoms with van der Waals surface area (Å²) in [4.78, 5) is 28.5. The first kappa shape index (κ1) is 18.1. The fourth-order valence-electron chi connectivity index (χ4n) is 2.75. The molecule has 26 heavy (non-hydrogen) atoms. The summed E-state index contributed by atoms with van der Waals surface area (Å²) in [6.07, 6.45) is 2.30. The Hall–Kier alpha value is -2.73. The number of thiazole rings is 1. The maximum absolute atomic E-state index is 12.5. The van der Waals surface area contributed by atoms with Gasteiger partial charge < -0.3 is 9.30 Å². The highest BCUT2D eigenvalue weighted by Gasteiger charge is 2.14. The van der Waals surface area contributed by atoms with Crippen LogP contribution in [0.15, 0.2) is 41.9 Å². The topological polar surface area (TPSA) is 61.2 Å². The lowest BCUT2D eigenvalue weighted by atomic mass is 10.0. The molecule has 0 unspecified atom stereocenters. The smallest absolute Gasteiger partial charge is 0.357 e. The zero-order chi connectivity index (χ0) is 18.7. The standard InChI is InChI=1S/C20H20N2O3S/c1-4-25-20(24)16-12-26-19(21-16)15-7-5-14(6-8-15)10-18(23)17-9-13(2)11-22(17)3/h5-9,11-12H,4,10H2,1-3H3. The second-order valence-electron chi connectivity index (χ2n) is 6.07. The number of nitrogens with zero attached hydrogens (tertiary/aromatic N) is 2. The van der Waals surface area contributed by atoms with E-state index in [9.17, 15) is 9.59 Å². The first-order chi connectivity index (χ1) is 12.5. The summed E-state index contributed by atoms with van der Waals surface area (Å²) in [7, 11) is 1.88. The molecule has 6 heteroatoms. The highest BCUT2D eigenvalue weighted by molar-refractivity contribution is 7.13. The van der Waals surface area contributed by atoms with Gasteiger partial charge in [-0.05, 0) is 31.0 Å². The summed E-state index contributed by atoms with van der Waals surface area (Å²) in [5, 5.41) is 2.45. The Kier molecular flexibility index (Phi) is 5.32. The van der Waals surface area contributed by atoms with Crippen LogP contribution in [0.25, 0.3) is 10.6 Å². The predicted octanol–water partition coefficient (Wildman–Crippen LogP) is 4.06. The highest BCUT2D eigenvalue weighted by atomic mass is 32.1. The molecule has 0 saturated heterocycles. The monoisotopic (exact) mass is 368 g/mol. The van der Waals surface area contributed by atoms with E-state index in [1.807, 2.05) is 55.1 Å². The van der Waals surface area contributed by atoms with Gasteiger partial charge in [0.2, 0.25) is 0 Å². The molecule has 0 aliphatic rings. The average Bonchev–Trinajstić information content (AvgIpc) is 3.22. The van der Waals surface area contributed by atoms with Gasteiger partial charge in [0.05, 0.1) is 12.3 Å². The minimum atomic E-state index is -0.407. The number of esters is 1. The Labute approximate surface area is 156 Å². The summed E-state index contributed by atoms with van der Waals surface area (Å²) in [5.41, 5.74) is 3.97. The molecular formula is C20H20N2O3S. The second kappa shape index (κ2) is 7.66. The molecule has 3 aromatic rings. The van der Waals surface area contributed by atoms with Gasteiger partial charge in [-0.15, -0.1) is 11.3 Å². The van der Waals surface area contributed by atoms with Crippen molar-refractivity contribution in [1.82, 2.24) is 9.55 Å². The van der Waals surface area contributed by atoms with Crippen LogP contribution in [0.4, 0.5) is 0 Å². The van der Waals surface area contributed by atoms with E-state index in [0.717, 1.165) is 21.7 Å². The fourth-order valence-corrected chi connectivity index (χ4v) is 3.55. The van der Waals surface area contributed by atoms with Crippen LogP contribution in [0.5, 0.6) is 0 Å². The van der Waals surface area contributed by atoms with E-state index in [4.69, 9.17) is 4.74 Å². The summed E-state index contributed by atoms with van der Waals surface area (Å²) in [5.74, 6) is -0.317. The lowest BCUT2D eigenvalue weighted by Gasteiger charge is -2.04. The molecule has 0 aliphatic carbocycles. The second-order valence-corrected chi connectivity index (χ2v) is 6.93. The number of ketones is 1. The van der Waals surface area contributed by atoms with Gasteiger partial charge in [0.1, 0.15) is 5.01 Å². The molecule has 134 valence electrons. The van der Waals surface area contributed by atoms with Crippen LogP contribution in [0, 0.1) is 6.92 Å². The van der Waals surface area contributed by atoms with Gasteiger partial charge >= 0.3 is 5.97 Å². The van der Waals surface area contributed by atoms with Crippen molar-refractivity contribution in [2.24, 2.45) is 7.05 Å². The lowest BCUT2D eigenvalue weighted by molar-refractivity contribution is 0.0520. The third-order valence-corrected chi connectivity index (χ3v) is 4.87. The van der Waals surface area contributed by atoms with Crippen LogP contribution in [0.2, 0.25) is 0 Å². The number of aryl methyl sites for hydroxylation is 2. The van der Waals surface area contributed by atoms with E-state index in [0.29, 0.717) is 24.4 Å². The normalized spacial score (nSPS) is 10.7. The number of hydrogen-bond donors (Lipinski definition) is 0. The SMILES string of the molecule is CCOC(=O)c1csc(-c2ccc(CC(=O)c3cc(C)cn3C)cc2)n1. The molecule has 0 aliphatic heterocycles. The molecule has 0 bridgehead atoms. The van der Waals surface area contributed by atoms with Gasteiger partial charge in [0, 0.05) is 30.6 Å². The van der Waals surface area contributed by atoms with Crippen LogP contribution in [-0.4, -0.2) is 27.9 Å². The predicted molar refractivity (Wildman–Crippen MR) is 102 cm³/mol. The van der Waals surface area contributed by atoms with Crippen LogP contribution in [-0.2, 0) is 18.2 Å². The van der Waals surface area contributed by atoms with Crippen LogP contribution >= 0.6 is 11.3 Å². The van der Waals surface area contributed by atoms with Crippen molar-refractivity contribution in [3.63, 3.8) is 0 Å². The van der Waals surface area contributed by atoms with E-state index in [2.05, 4.69) is 4.98 Å². The van der Waals surface area contributed by atoms with Crippen LogP contribution in [0.1, 0.15) is 39.0 Å². The Bertz CT molecular complexity index is 938. The van der Waals surface area contributed by atoms with Gasteiger partial charge in [-0.2, -0.15) is 0 Å². The maximum atomic E-state index is 12.5. The van der Waals surface area contributed by atoms with Crippen molar-refractivity contribution >= 4 is 23.1 Å². The summed E-state index contributed by atoms with van der Waals surface area (Å²) in [6.45, 7) is 4.07. The molecule has 0 spiro atoms. The van der Waals surface area contributed by atoms with Gasteiger partial charge in [0.15, 0.2) is 11.5 Å². The number of ether oxygens (including phenoxy) is 1. The number of aromatic nitrogens is 2. The zero-order valence-corrected chi connectivity index (χ0v) is 15.8. The molecule has 0 atom stereocenters. The summed E-state index contributed by atoms with van der Waals surface area (Å²) < 4.78 is 6.82. The van der Waals surface area contributed by atoms with Gasteiger partial charge in [-0.1, -0.05) is 24.3 Å². The summed E-state index contributed by atoms with van der Waals surface area (Å²) in [6, 6.07) is 9.60. The van der Waals surface area contributed by atoms with E-state index < -0.39 is 5.97 Å². The number of hydrogen-bond acceptors (Lipinski definition) is 5. The van der Waals surface area contributed by atoms with Crippen molar-refractivity contribution in [3.05, 3.63) is 64.4 Å². The number of rotatable bonds is 6. The van der Waals surface area contributed by atoms with Crippen molar-refractivity contribution in [3.8, 4) is 10.6 Å². The van der Waals surface area contributed by atoms with Gasteiger partial charge in [-0.3, -0.25) is 4.79 Å². The molecule has 5 nitrogen and oxygen atoms in total. The van der Waals surface area contributed by atoms with Crippen molar-refractivity contribution in [2.75, 3.05) is 6.61 Å². The first-order valence-electron chi connectivity index (χ1n) is 8.36. The highest BCUT2D eigenvalue weighted by Crippen LogP contribution is 2.25. The lowest BCUT2D eigenvalue weighted by Crippen LogP contribution is -2.08. The fraction of sp³-hybridized carbons (Fsp3) is 0.250. The van der Waals surface area contributed by atoms with Gasteiger partial charge in [0.25, 0.3) is 0 Å². The summed E-state index contributed by atoms with van der Waals surface area (Å²) >= 11 is 1.40. The molecule has 2 aromatic heterocycles. The Balaban J connectivity index is 1.71. The van der Waals surface area contributed by atoms with E-state index in [1.54, 1.807) is 12.3 Å². The molecule has 1 aromatic carbocycles. The zero-order valence-electron chi connectivity index (χ0n) is 15.0. The quantitative estimate of drug-likeness (QED) is 0.486. The Morgan fingerprint density at radius 1 is 1.23 bits per heavy atom. The van der Waals surface area contributed by atoms with E-state index in [1.165, 1.54) is 11.3 Å². The van der Waals surface area contributed by atoms with Crippen molar-refractivity contribution in [1.29, 1.82) is 0 Å². The third-order valence-electron chi connectivity index (χ3n) is 3.98. The number of carbonyl (C=O) groups is 2. The van der Waals surface area contributed by atoms with Crippen molar-refractivity contribution < 1.29 is 14.3 Å². The Morgan fingerprint density at radius 2 is 1.96 bits per heavy atom. The van der Waals surface area contributed by atoms with Gasteiger partial charge in [-0.25, -0.2) is 9.78 Å². The van der Waals surface area contributed by atoms with E-state index >= 15 is 0 Å². The number of Topliss-reactive ketones (excluding diaryl/α,β-unsaturated/α-hetero) is 1. The van der Waals surface area contributed by atoms with Crippen molar-refractivity contribution in [2.45, 2.75) is 20.3 Å². The molecule has 0 radical (unpaired) electrons. The Morgan fingerprint density at radius 3 is 2.58 bits per heavy atom. The number of benzene rings is 1. The van der Waals surface area contributed by atoms with Crippen LogP contribution in [0.3, 0.4) is 0 Å². The number of carbonyl (C=O) groups excluding carboxylic acids is 2. The minimum absolute atomic E-state index is 0.0900. The third kappa shape index (κ3) is 3.91. The molecule has 3 rings (SSSR count).